The lowest BCUT2D eigenvalue weighted by atomic mass is 10.0. The molecule has 2 unspecified atom stereocenters. The van der Waals surface area contributed by atoms with E-state index in [1.54, 1.807) is 0 Å². The molecule has 0 radical (unpaired) electrons. The second-order valence-corrected chi connectivity index (χ2v) is 8.38. The molecule has 0 aliphatic carbocycles. The lowest BCUT2D eigenvalue weighted by Gasteiger charge is -2.23. The van der Waals surface area contributed by atoms with Crippen LogP contribution >= 0.6 is 0 Å². The van der Waals surface area contributed by atoms with Gasteiger partial charge in [-0.25, -0.2) is 15.0 Å². The Morgan fingerprint density at radius 1 is 0.793 bits per heavy atom. The topological polar surface area (TPSA) is 58.0 Å². The Balaban J connectivity index is 1.25. The van der Waals surface area contributed by atoms with Crippen molar-refractivity contribution in [2.75, 3.05) is 36.0 Å². The highest BCUT2D eigenvalue weighted by Crippen LogP contribution is 2.35. The summed E-state index contributed by atoms with van der Waals surface area (Å²) in [4.78, 5) is 23.3. The second kappa shape index (κ2) is 7.43. The Bertz CT molecular complexity index is 958. The second-order valence-electron chi connectivity index (χ2n) is 8.38. The summed E-state index contributed by atoms with van der Waals surface area (Å²) in [7, 11) is 0. The predicted molar refractivity (Wildman–Crippen MR) is 115 cm³/mol. The average molecular weight is 387 g/mol. The summed E-state index contributed by atoms with van der Waals surface area (Å²) in [5.41, 5.74) is 2.02. The molecule has 6 heteroatoms. The zero-order chi connectivity index (χ0) is 19.8. The van der Waals surface area contributed by atoms with Gasteiger partial charge in [-0.15, -0.1) is 0 Å². The van der Waals surface area contributed by atoms with Gasteiger partial charge in [-0.2, -0.15) is 0 Å². The van der Waals surface area contributed by atoms with Crippen molar-refractivity contribution < 1.29 is 0 Å². The molecule has 2 aliphatic rings. The van der Waals surface area contributed by atoms with Crippen LogP contribution in [0.15, 0.2) is 55.0 Å². The molecule has 29 heavy (non-hydrogen) atoms. The van der Waals surface area contributed by atoms with Crippen molar-refractivity contribution in [3.8, 4) is 11.3 Å². The number of rotatable bonds is 4. The third kappa shape index (κ3) is 3.55. The van der Waals surface area contributed by atoms with Gasteiger partial charge >= 0.3 is 0 Å². The first-order valence-corrected chi connectivity index (χ1v) is 10.4. The molecule has 0 bridgehead atoms. The summed E-state index contributed by atoms with van der Waals surface area (Å²) in [6.45, 7) is 8.43. The van der Waals surface area contributed by atoms with Crippen molar-refractivity contribution in [2.24, 2.45) is 11.8 Å². The molecule has 2 fully saturated rings. The van der Waals surface area contributed by atoms with Gasteiger partial charge in [-0.05, 0) is 6.07 Å². The van der Waals surface area contributed by atoms with Crippen LogP contribution in [0.4, 0.5) is 11.6 Å². The Morgan fingerprint density at radius 3 is 2.10 bits per heavy atom. The SMILES string of the molecule is CC(C)c1nccc(N2CC3CN(c4cnc(-c5ccccc5)cn4)CC3C2)n1. The molecular formula is C23H26N6. The summed E-state index contributed by atoms with van der Waals surface area (Å²) in [5.74, 6) is 4.61. The Labute approximate surface area is 171 Å². The zero-order valence-corrected chi connectivity index (χ0v) is 16.9. The minimum absolute atomic E-state index is 0.352. The predicted octanol–water partition coefficient (Wildman–Crippen LogP) is 3.63. The van der Waals surface area contributed by atoms with E-state index in [-0.39, 0.29) is 0 Å². The van der Waals surface area contributed by atoms with E-state index in [4.69, 9.17) is 9.97 Å². The maximum atomic E-state index is 4.78. The van der Waals surface area contributed by atoms with Crippen LogP contribution in [0.3, 0.4) is 0 Å². The Hall–Kier alpha value is -3.02. The highest BCUT2D eigenvalue weighted by molar-refractivity contribution is 5.58. The molecule has 2 atom stereocenters. The van der Waals surface area contributed by atoms with Crippen LogP contribution in [0.5, 0.6) is 0 Å². The number of benzene rings is 1. The molecular weight excluding hydrogens is 360 g/mol. The zero-order valence-electron chi connectivity index (χ0n) is 16.9. The summed E-state index contributed by atoms with van der Waals surface area (Å²) >= 11 is 0. The van der Waals surface area contributed by atoms with Gasteiger partial charge in [0.15, 0.2) is 0 Å². The number of hydrogen-bond donors (Lipinski definition) is 0. The fraction of sp³-hybridized carbons (Fsp3) is 0.391. The van der Waals surface area contributed by atoms with Crippen LogP contribution in [0.2, 0.25) is 0 Å². The first kappa shape index (κ1) is 18.0. The summed E-state index contributed by atoms with van der Waals surface area (Å²) in [5, 5.41) is 0. The molecule has 4 heterocycles. The number of nitrogens with zero attached hydrogens (tertiary/aromatic N) is 6. The number of hydrogen-bond acceptors (Lipinski definition) is 6. The lowest BCUT2D eigenvalue weighted by molar-refractivity contribution is 0.533. The molecule has 3 aromatic rings. The highest BCUT2D eigenvalue weighted by atomic mass is 15.3. The van der Waals surface area contributed by atoms with E-state index in [0.29, 0.717) is 17.8 Å². The van der Waals surface area contributed by atoms with Gasteiger partial charge in [0.25, 0.3) is 0 Å². The van der Waals surface area contributed by atoms with Gasteiger partial charge in [-0.3, -0.25) is 4.98 Å². The molecule has 0 spiro atoms. The van der Waals surface area contributed by atoms with Crippen molar-refractivity contribution >= 4 is 11.6 Å². The van der Waals surface area contributed by atoms with Gasteiger partial charge in [0.2, 0.25) is 0 Å². The third-order valence-electron chi connectivity index (χ3n) is 6.02. The maximum absolute atomic E-state index is 4.78. The molecule has 148 valence electrons. The van der Waals surface area contributed by atoms with E-state index in [1.807, 2.05) is 42.9 Å². The van der Waals surface area contributed by atoms with Gasteiger partial charge in [0, 0.05) is 55.7 Å². The van der Waals surface area contributed by atoms with E-state index in [2.05, 4.69) is 45.7 Å². The van der Waals surface area contributed by atoms with E-state index in [9.17, 15) is 0 Å². The molecule has 1 aromatic carbocycles. The number of anilines is 2. The fourth-order valence-corrected chi connectivity index (χ4v) is 4.43. The van der Waals surface area contributed by atoms with Gasteiger partial charge < -0.3 is 9.80 Å². The summed E-state index contributed by atoms with van der Waals surface area (Å²) in [6, 6.07) is 12.2. The molecule has 0 amide bonds. The van der Waals surface area contributed by atoms with E-state index >= 15 is 0 Å². The minimum atomic E-state index is 0.352. The van der Waals surface area contributed by atoms with E-state index in [1.165, 1.54) is 0 Å². The number of fused-ring (bicyclic) bond motifs is 1. The highest BCUT2D eigenvalue weighted by Gasteiger charge is 2.41. The van der Waals surface area contributed by atoms with Crippen molar-refractivity contribution in [1.82, 2.24) is 19.9 Å². The van der Waals surface area contributed by atoms with Crippen LogP contribution in [0.1, 0.15) is 25.6 Å². The van der Waals surface area contributed by atoms with Crippen molar-refractivity contribution in [1.29, 1.82) is 0 Å². The first-order chi connectivity index (χ1) is 14.2. The Morgan fingerprint density at radius 2 is 1.48 bits per heavy atom. The maximum Gasteiger partial charge on any atom is 0.147 e. The van der Waals surface area contributed by atoms with Crippen molar-refractivity contribution in [3.63, 3.8) is 0 Å². The van der Waals surface area contributed by atoms with Crippen LogP contribution in [0.25, 0.3) is 11.3 Å². The standard InChI is InChI=1S/C23H26N6/c1-16(2)23-24-9-8-21(27-23)28-12-18-14-29(15-19(18)13-28)22-11-25-20(10-26-22)17-6-4-3-5-7-17/h3-11,16,18-19H,12-15H2,1-2H3. The lowest BCUT2D eigenvalue weighted by Crippen LogP contribution is -2.29. The normalized spacial score (nSPS) is 21.1. The van der Waals surface area contributed by atoms with Crippen LogP contribution < -0.4 is 9.80 Å². The van der Waals surface area contributed by atoms with Crippen LogP contribution in [-0.2, 0) is 0 Å². The molecule has 0 N–H and O–H groups in total. The molecule has 5 rings (SSSR count). The molecule has 2 aliphatic heterocycles. The molecule has 2 saturated heterocycles. The summed E-state index contributed by atoms with van der Waals surface area (Å²) < 4.78 is 0. The fourth-order valence-electron chi connectivity index (χ4n) is 4.43. The smallest absolute Gasteiger partial charge is 0.147 e. The first-order valence-electron chi connectivity index (χ1n) is 10.4. The van der Waals surface area contributed by atoms with Crippen LogP contribution in [-0.4, -0.2) is 46.1 Å². The van der Waals surface area contributed by atoms with Gasteiger partial charge in [0.05, 0.1) is 18.1 Å². The minimum Gasteiger partial charge on any atom is -0.356 e. The summed E-state index contributed by atoms with van der Waals surface area (Å²) in [6.07, 6.45) is 5.70. The van der Waals surface area contributed by atoms with Crippen LogP contribution in [0, 0.1) is 11.8 Å². The van der Waals surface area contributed by atoms with Gasteiger partial charge in [0.1, 0.15) is 17.5 Å². The third-order valence-corrected chi connectivity index (χ3v) is 6.02. The average Bonchev–Trinajstić information content (AvgIpc) is 3.34. The largest absolute Gasteiger partial charge is 0.356 e. The molecule has 2 aromatic heterocycles. The quantitative estimate of drug-likeness (QED) is 0.682. The Kier molecular flexibility index (Phi) is 4.62. The number of aromatic nitrogens is 4. The van der Waals surface area contributed by atoms with Gasteiger partial charge in [-0.1, -0.05) is 44.2 Å². The van der Waals surface area contributed by atoms with E-state index in [0.717, 1.165) is 54.9 Å². The monoisotopic (exact) mass is 386 g/mol. The molecule has 6 nitrogen and oxygen atoms in total. The van der Waals surface area contributed by atoms with E-state index < -0.39 is 0 Å². The molecule has 0 saturated carbocycles. The van der Waals surface area contributed by atoms with Crippen molar-refractivity contribution in [3.05, 3.63) is 60.8 Å². The van der Waals surface area contributed by atoms with Crippen molar-refractivity contribution in [2.45, 2.75) is 19.8 Å².